The highest BCUT2D eigenvalue weighted by Gasteiger charge is 2.26. The minimum atomic E-state index is -3.90. The fraction of sp³-hybridized carbons (Fsp3) is 0.292. The molecule has 1 unspecified atom stereocenters. The molecule has 1 atom stereocenters. The molecule has 168 valence electrons. The van der Waals surface area contributed by atoms with E-state index in [1.54, 1.807) is 12.1 Å². The molecule has 1 aromatic heterocycles. The second-order valence-electron chi connectivity index (χ2n) is 8.12. The molecule has 6 nitrogen and oxygen atoms in total. The van der Waals surface area contributed by atoms with Crippen molar-refractivity contribution in [3.63, 3.8) is 0 Å². The van der Waals surface area contributed by atoms with Crippen LogP contribution in [0, 0.1) is 5.82 Å². The van der Waals surface area contributed by atoms with Crippen LogP contribution in [0.1, 0.15) is 37.4 Å². The lowest BCUT2D eigenvalue weighted by Gasteiger charge is -2.21. The van der Waals surface area contributed by atoms with Crippen LogP contribution in [-0.4, -0.2) is 39.1 Å². The monoisotopic (exact) mass is 457 g/mol. The Bertz CT molecular complexity index is 1210. The molecule has 0 saturated carbocycles. The minimum absolute atomic E-state index is 0.0144. The molecule has 0 aliphatic rings. The van der Waals surface area contributed by atoms with E-state index in [9.17, 15) is 23.4 Å². The Morgan fingerprint density at radius 1 is 1.09 bits per heavy atom. The summed E-state index contributed by atoms with van der Waals surface area (Å²) in [5.74, 6) is -2.45. The number of carboxylic acids is 1. The number of benzene rings is 2. The number of aromatic nitrogens is 1. The van der Waals surface area contributed by atoms with Gasteiger partial charge in [-0.3, -0.25) is 19.1 Å². The Labute approximate surface area is 185 Å². The Hall–Kier alpha value is -2.89. The number of para-hydroxylation sites is 1. The zero-order valence-corrected chi connectivity index (χ0v) is 18.8. The van der Waals surface area contributed by atoms with Gasteiger partial charge in [0, 0.05) is 17.2 Å². The van der Waals surface area contributed by atoms with Gasteiger partial charge in [0.05, 0.1) is 11.7 Å². The lowest BCUT2D eigenvalue weighted by molar-refractivity contribution is -0.139. The first kappa shape index (κ1) is 23.8. The van der Waals surface area contributed by atoms with Gasteiger partial charge in [-0.15, -0.1) is 0 Å². The summed E-state index contributed by atoms with van der Waals surface area (Å²) in [5.41, 5.74) is 3.88. The molecule has 0 aliphatic heterocycles. The van der Waals surface area contributed by atoms with Gasteiger partial charge < -0.3 is 10.00 Å². The maximum atomic E-state index is 13.6. The van der Waals surface area contributed by atoms with E-state index in [1.165, 1.54) is 12.1 Å². The van der Waals surface area contributed by atoms with Gasteiger partial charge >= 0.3 is 5.97 Å². The van der Waals surface area contributed by atoms with Crippen LogP contribution in [0.3, 0.4) is 0 Å². The number of carbonyl (C=O) groups is 2. The predicted molar refractivity (Wildman–Crippen MR) is 122 cm³/mol. The maximum absolute atomic E-state index is 13.6. The van der Waals surface area contributed by atoms with Crippen LogP contribution in [0.25, 0.3) is 22.0 Å². The van der Waals surface area contributed by atoms with Gasteiger partial charge in [-0.1, -0.05) is 44.2 Å². The molecule has 0 spiro atoms. The van der Waals surface area contributed by atoms with Gasteiger partial charge in [-0.2, -0.15) is 0 Å². The average Bonchev–Trinajstić information content (AvgIpc) is 2.71. The lowest BCUT2D eigenvalue weighted by Crippen LogP contribution is -2.14. The highest BCUT2D eigenvalue weighted by molar-refractivity contribution is 7.59. The normalized spacial score (nSPS) is 13.3. The number of aliphatic carboxylic acids is 1. The van der Waals surface area contributed by atoms with Crippen molar-refractivity contribution in [2.45, 2.75) is 32.6 Å². The SMILES string of the molecule is CC(C)c1nc2ccccc2c(-c2ccc(F)cc2)c1CCP(=O)(O)CC(=O)CC(=O)O. The number of nitrogens with zero attached hydrogens (tertiary/aromatic N) is 1. The van der Waals surface area contributed by atoms with Crippen molar-refractivity contribution in [3.05, 3.63) is 65.6 Å². The first-order valence-electron chi connectivity index (χ1n) is 10.3. The van der Waals surface area contributed by atoms with Crippen molar-refractivity contribution in [3.8, 4) is 11.1 Å². The molecule has 0 amide bonds. The molecule has 0 aliphatic carbocycles. The van der Waals surface area contributed by atoms with E-state index in [2.05, 4.69) is 0 Å². The number of carbonyl (C=O) groups excluding carboxylic acids is 1. The van der Waals surface area contributed by atoms with E-state index in [4.69, 9.17) is 10.1 Å². The zero-order chi connectivity index (χ0) is 23.5. The van der Waals surface area contributed by atoms with Crippen LogP contribution in [0.5, 0.6) is 0 Å². The third-order valence-electron chi connectivity index (χ3n) is 5.19. The van der Waals surface area contributed by atoms with E-state index in [-0.39, 0.29) is 24.3 Å². The standard InChI is InChI=1S/C24H25FNO5P/c1-15(2)24-20(11-12-32(30,31)14-18(27)13-22(28)29)23(16-7-9-17(25)10-8-16)19-5-3-4-6-21(19)26-24/h3-10,15H,11-14H2,1-2H3,(H,28,29)(H,30,31). The summed E-state index contributed by atoms with van der Waals surface area (Å²) < 4.78 is 26.3. The van der Waals surface area contributed by atoms with E-state index < -0.39 is 31.7 Å². The zero-order valence-electron chi connectivity index (χ0n) is 17.9. The summed E-state index contributed by atoms with van der Waals surface area (Å²) >= 11 is 0. The van der Waals surface area contributed by atoms with Crippen LogP contribution in [-0.2, 0) is 20.6 Å². The molecule has 3 rings (SSSR count). The second-order valence-corrected chi connectivity index (χ2v) is 10.6. The van der Waals surface area contributed by atoms with Gasteiger partial charge in [0.1, 0.15) is 12.2 Å². The molecule has 8 heteroatoms. The number of halogens is 1. The van der Waals surface area contributed by atoms with Gasteiger partial charge in [-0.25, -0.2) is 4.39 Å². The molecule has 0 radical (unpaired) electrons. The van der Waals surface area contributed by atoms with Crippen LogP contribution >= 0.6 is 7.37 Å². The first-order chi connectivity index (χ1) is 15.1. The predicted octanol–water partition coefficient (Wildman–Crippen LogP) is 5.02. The van der Waals surface area contributed by atoms with Crippen molar-refractivity contribution in [1.82, 2.24) is 4.98 Å². The minimum Gasteiger partial charge on any atom is -0.481 e. The van der Waals surface area contributed by atoms with Crippen molar-refractivity contribution >= 4 is 30.0 Å². The quantitative estimate of drug-likeness (QED) is 0.345. The highest BCUT2D eigenvalue weighted by Crippen LogP contribution is 2.43. The third-order valence-corrected chi connectivity index (χ3v) is 6.96. The van der Waals surface area contributed by atoms with Gasteiger partial charge in [0.2, 0.25) is 7.37 Å². The molecule has 2 aromatic carbocycles. The Morgan fingerprint density at radius 2 is 1.75 bits per heavy atom. The summed E-state index contributed by atoms with van der Waals surface area (Å²) in [6.45, 7) is 3.95. The fourth-order valence-electron chi connectivity index (χ4n) is 3.81. The third kappa shape index (κ3) is 5.67. The van der Waals surface area contributed by atoms with Crippen LogP contribution in [0.15, 0.2) is 48.5 Å². The summed E-state index contributed by atoms with van der Waals surface area (Å²) in [6, 6.07) is 13.6. The average molecular weight is 457 g/mol. The number of fused-ring (bicyclic) bond motifs is 1. The number of hydrogen-bond donors (Lipinski definition) is 2. The van der Waals surface area contributed by atoms with Crippen molar-refractivity contribution in [1.29, 1.82) is 0 Å². The van der Waals surface area contributed by atoms with Crippen LogP contribution in [0.2, 0.25) is 0 Å². The smallest absolute Gasteiger partial charge is 0.310 e. The summed E-state index contributed by atoms with van der Waals surface area (Å²) in [6.07, 6.45) is -1.47. The summed E-state index contributed by atoms with van der Waals surface area (Å²) in [7, 11) is -3.90. The van der Waals surface area contributed by atoms with E-state index in [0.29, 0.717) is 0 Å². The largest absolute Gasteiger partial charge is 0.481 e. The number of Topliss-reactive ketones (excluding diaryl/α,β-unsaturated/α-hetero) is 1. The second kappa shape index (κ2) is 9.72. The summed E-state index contributed by atoms with van der Waals surface area (Å²) in [5, 5.41) is 9.58. The van der Waals surface area contributed by atoms with Crippen molar-refractivity contribution in [2.75, 3.05) is 12.3 Å². The van der Waals surface area contributed by atoms with E-state index in [1.807, 2.05) is 38.1 Å². The molecule has 0 fully saturated rings. The topological polar surface area (TPSA) is 105 Å². The highest BCUT2D eigenvalue weighted by atomic mass is 31.2. The van der Waals surface area contributed by atoms with Gasteiger partial charge in [-0.05, 0) is 47.2 Å². The van der Waals surface area contributed by atoms with Gasteiger partial charge in [0.15, 0.2) is 5.78 Å². The Morgan fingerprint density at radius 3 is 2.38 bits per heavy atom. The Kier molecular flexibility index (Phi) is 7.22. The molecule has 2 N–H and O–H groups in total. The molecule has 0 saturated heterocycles. The molecular weight excluding hydrogens is 432 g/mol. The van der Waals surface area contributed by atoms with Crippen LogP contribution in [0.4, 0.5) is 4.39 Å². The summed E-state index contributed by atoms with van der Waals surface area (Å²) in [4.78, 5) is 37.7. The maximum Gasteiger partial charge on any atom is 0.310 e. The Balaban J connectivity index is 2.08. The van der Waals surface area contributed by atoms with E-state index >= 15 is 0 Å². The lowest BCUT2D eigenvalue weighted by atomic mass is 9.90. The number of ketones is 1. The van der Waals surface area contributed by atoms with Crippen molar-refractivity contribution in [2.24, 2.45) is 0 Å². The van der Waals surface area contributed by atoms with E-state index in [0.717, 1.165) is 33.3 Å². The number of rotatable bonds is 9. The fourth-order valence-corrected chi connectivity index (χ4v) is 5.21. The number of hydrogen-bond acceptors (Lipinski definition) is 4. The number of pyridine rings is 1. The molecule has 0 bridgehead atoms. The number of carboxylic acid groups (broad SMARTS) is 1. The van der Waals surface area contributed by atoms with Gasteiger partial charge in [0.25, 0.3) is 0 Å². The molecule has 1 heterocycles. The van der Waals surface area contributed by atoms with Crippen LogP contribution < -0.4 is 0 Å². The van der Waals surface area contributed by atoms with Crippen molar-refractivity contribution < 1.29 is 28.5 Å². The molecule has 3 aromatic rings. The first-order valence-corrected chi connectivity index (χ1v) is 12.3. The molecule has 32 heavy (non-hydrogen) atoms. The molecular formula is C24H25FNO5P.